The van der Waals surface area contributed by atoms with Crippen molar-refractivity contribution in [2.24, 2.45) is 0 Å². The maximum atomic E-state index is 5.98. The number of fused-ring (bicyclic) bond motifs is 1. The van der Waals surface area contributed by atoms with Crippen LogP contribution >= 0.6 is 0 Å². The van der Waals surface area contributed by atoms with E-state index in [1.54, 1.807) is 7.11 Å². The third kappa shape index (κ3) is 9.37. The Bertz CT molecular complexity index is 1530. The van der Waals surface area contributed by atoms with Crippen LogP contribution in [0.1, 0.15) is 89.8 Å². The Morgan fingerprint density at radius 3 is 2.13 bits per heavy atom. The SMILES string of the molecule is C=C(Nc1cc(C(C)(C)C)cc(CCCCC)c1OC)Nc1ccc(-c2ccc(CCCCNCCC)cc2)c2ccccc12. The molecule has 0 saturated heterocycles. The van der Waals surface area contributed by atoms with E-state index >= 15 is 0 Å². The Morgan fingerprint density at radius 2 is 1.44 bits per heavy atom. The summed E-state index contributed by atoms with van der Waals surface area (Å²) >= 11 is 0. The van der Waals surface area contributed by atoms with Gasteiger partial charge >= 0.3 is 0 Å². The molecule has 0 atom stereocenters. The van der Waals surface area contributed by atoms with Crippen LogP contribution in [0.15, 0.2) is 85.2 Å². The summed E-state index contributed by atoms with van der Waals surface area (Å²) in [7, 11) is 1.77. The molecule has 0 aliphatic carbocycles. The molecule has 0 aliphatic rings. The van der Waals surface area contributed by atoms with E-state index in [4.69, 9.17) is 4.74 Å². The Hall–Kier alpha value is -3.76. The summed E-state index contributed by atoms with van der Waals surface area (Å²) in [5, 5.41) is 13.0. The number of aryl methyl sites for hydroxylation is 2. The van der Waals surface area contributed by atoms with Crippen molar-refractivity contribution in [2.45, 2.75) is 91.4 Å². The molecule has 0 aromatic heterocycles. The number of rotatable bonds is 17. The fourth-order valence-electron chi connectivity index (χ4n) is 5.96. The van der Waals surface area contributed by atoms with Gasteiger partial charge in [0.15, 0.2) is 0 Å². The second kappa shape index (κ2) is 16.5. The molecule has 0 unspecified atom stereocenters. The number of anilines is 2. The molecule has 0 spiro atoms. The van der Waals surface area contributed by atoms with Gasteiger partial charge in [-0.1, -0.05) is 115 Å². The third-order valence-corrected chi connectivity index (χ3v) is 8.54. The van der Waals surface area contributed by atoms with Crippen molar-refractivity contribution in [1.29, 1.82) is 0 Å². The molecular weight excluding hydrogens is 550 g/mol. The van der Waals surface area contributed by atoms with Crippen LogP contribution < -0.4 is 20.7 Å². The predicted molar refractivity (Wildman–Crippen MR) is 197 cm³/mol. The van der Waals surface area contributed by atoms with Crippen molar-refractivity contribution >= 4 is 22.1 Å². The number of unbranched alkanes of at least 4 members (excludes halogenated alkanes) is 3. The van der Waals surface area contributed by atoms with Crippen LogP contribution in [-0.2, 0) is 18.3 Å². The van der Waals surface area contributed by atoms with Crippen LogP contribution in [0.5, 0.6) is 5.75 Å². The van der Waals surface area contributed by atoms with E-state index in [-0.39, 0.29) is 5.41 Å². The lowest BCUT2D eigenvalue weighted by atomic mass is 9.85. The van der Waals surface area contributed by atoms with Crippen molar-refractivity contribution in [1.82, 2.24) is 5.32 Å². The molecule has 0 amide bonds. The summed E-state index contributed by atoms with van der Waals surface area (Å²) in [6.45, 7) is 17.8. The van der Waals surface area contributed by atoms with Crippen LogP contribution in [0.4, 0.5) is 11.4 Å². The minimum Gasteiger partial charge on any atom is -0.494 e. The Kier molecular flexibility index (Phi) is 12.5. The minimum absolute atomic E-state index is 0.0208. The maximum Gasteiger partial charge on any atom is 0.145 e. The Labute approximate surface area is 272 Å². The third-order valence-electron chi connectivity index (χ3n) is 8.54. The summed E-state index contributed by atoms with van der Waals surface area (Å²) in [4.78, 5) is 0. The van der Waals surface area contributed by atoms with Gasteiger partial charge in [-0.05, 0) is 102 Å². The number of methoxy groups -OCH3 is 1. The lowest BCUT2D eigenvalue weighted by Crippen LogP contribution is -2.15. The van der Waals surface area contributed by atoms with E-state index in [0.717, 1.165) is 54.9 Å². The number of benzene rings is 4. The lowest BCUT2D eigenvalue weighted by molar-refractivity contribution is 0.410. The molecule has 0 bridgehead atoms. The Balaban J connectivity index is 1.53. The van der Waals surface area contributed by atoms with E-state index in [9.17, 15) is 0 Å². The molecule has 4 aromatic rings. The molecule has 0 radical (unpaired) electrons. The molecule has 3 N–H and O–H groups in total. The normalized spacial score (nSPS) is 11.5. The standard InChI is InChI=1S/C41H55N3O/c1-8-10-11-17-33-28-34(41(4,5)6)29-39(40(33)45-7)44-30(3)43-38-25-24-35(36-18-12-13-19-37(36)38)32-22-20-31(21-23-32)16-14-15-27-42-26-9-2/h12-13,18-25,28-29,42-44H,3,8-11,14-17,26-27H2,1-2,4-7H3. The van der Waals surface area contributed by atoms with Crippen LogP contribution in [0.3, 0.4) is 0 Å². The van der Waals surface area contributed by atoms with E-state index < -0.39 is 0 Å². The van der Waals surface area contributed by atoms with Gasteiger partial charge in [0.05, 0.1) is 12.8 Å². The highest BCUT2D eigenvalue weighted by molar-refractivity contribution is 6.03. The van der Waals surface area contributed by atoms with Gasteiger partial charge in [-0.15, -0.1) is 0 Å². The van der Waals surface area contributed by atoms with Gasteiger partial charge in [0.25, 0.3) is 0 Å². The first-order valence-electron chi connectivity index (χ1n) is 17.0. The second-order valence-electron chi connectivity index (χ2n) is 13.3. The molecular formula is C41H55N3O. The fourth-order valence-corrected chi connectivity index (χ4v) is 5.96. The monoisotopic (exact) mass is 605 g/mol. The maximum absolute atomic E-state index is 5.98. The highest BCUT2D eigenvalue weighted by Crippen LogP contribution is 2.38. The van der Waals surface area contributed by atoms with Crippen molar-refractivity contribution in [2.75, 3.05) is 30.8 Å². The summed E-state index contributed by atoms with van der Waals surface area (Å²) in [5.74, 6) is 1.62. The number of ether oxygens (including phenoxy) is 1. The molecule has 0 heterocycles. The number of hydrogen-bond acceptors (Lipinski definition) is 4. The average molecular weight is 606 g/mol. The predicted octanol–water partition coefficient (Wildman–Crippen LogP) is 10.9. The first-order chi connectivity index (χ1) is 21.7. The van der Waals surface area contributed by atoms with Crippen molar-refractivity contribution in [3.8, 4) is 16.9 Å². The number of nitrogens with one attached hydrogen (secondary N) is 3. The van der Waals surface area contributed by atoms with Gasteiger partial charge in [0.1, 0.15) is 11.6 Å². The highest BCUT2D eigenvalue weighted by Gasteiger charge is 2.20. The summed E-state index contributed by atoms with van der Waals surface area (Å²) < 4.78 is 5.98. The largest absolute Gasteiger partial charge is 0.494 e. The number of hydrogen-bond donors (Lipinski definition) is 3. The molecule has 0 fully saturated rings. The fraction of sp³-hybridized carbons (Fsp3) is 0.415. The first-order valence-corrected chi connectivity index (χ1v) is 17.0. The molecule has 0 aliphatic heterocycles. The highest BCUT2D eigenvalue weighted by atomic mass is 16.5. The van der Waals surface area contributed by atoms with Gasteiger partial charge in [-0.25, -0.2) is 0 Å². The van der Waals surface area contributed by atoms with Gasteiger partial charge in [-0.2, -0.15) is 0 Å². The van der Waals surface area contributed by atoms with Crippen molar-refractivity contribution in [3.05, 3.63) is 102 Å². The second-order valence-corrected chi connectivity index (χ2v) is 13.3. The van der Waals surface area contributed by atoms with Crippen LogP contribution in [0, 0.1) is 0 Å². The molecule has 240 valence electrons. The Morgan fingerprint density at radius 1 is 0.733 bits per heavy atom. The zero-order chi connectivity index (χ0) is 32.2. The quantitative estimate of drug-likeness (QED) is 0.105. The van der Waals surface area contributed by atoms with E-state index in [2.05, 4.69) is 130 Å². The summed E-state index contributed by atoms with van der Waals surface area (Å²) in [5.41, 5.74) is 8.41. The molecule has 45 heavy (non-hydrogen) atoms. The first kappa shape index (κ1) is 34.1. The van der Waals surface area contributed by atoms with Crippen LogP contribution in [0.25, 0.3) is 21.9 Å². The molecule has 4 nitrogen and oxygen atoms in total. The topological polar surface area (TPSA) is 45.3 Å². The van der Waals surface area contributed by atoms with Gasteiger partial charge < -0.3 is 20.7 Å². The average Bonchev–Trinajstić information content (AvgIpc) is 3.03. The summed E-state index contributed by atoms with van der Waals surface area (Å²) in [6, 6.07) is 26.7. The van der Waals surface area contributed by atoms with E-state index in [1.165, 1.54) is 65.3 Å². The molecule has 4 aromatic carbocycles. The van der Waals surface area contributed by atoms with Crippen molar-refractivity contribution in [3.63, 3.8) is 0 Å². The summed E-state index contributed by atoms with van der Waals surface area (Å²) in [6.07, 6.45) is 9.30. The van der Waals surface area contributed by atoms with Gasteiger partial charge in [-0.3, -0.25) is 0 Å². The van der Waals surface area contributed by atoms with Gasteiger partial charge in [0.2, 0.25) is 0 Å². The smallest absolute Gasteiger partial charge is 0.145 e. The van der Waals surface area contributed by atoms with E-state index in [1.807, 2.05) is 0 Å². The van der Waals surface area contributed by atoms with Crippen LogP contribution in [-0.4, -0.2) is 20.2 Å². The van der Waals surface area contributed by atoms with E-state index in [0.29, 0.717) is 5.82 Å². The molecule has 4 rings (SSSR count). The van der Waals surface area contributed by atoms with Crippen molar-refractivity contribution < 1.29 is 4.74 Å². The molecule has 4 heteroatoms. The molecule has 0 saturated carbocycles. The van der Waals surface area contributed by atoms with Crippen LogP contribution in [0.2, 0.25) is 0 Å². The van der Waals surface area contributed by atoms with Gasteiger partial charge in [0, 0.05) is 11.1 Å². The lowest BCUT2D eigenvalue weighted by Gasteiger charge is -2.25. The minimum atomic E-state index is 0.0208. The zero-order valence-corrected chi connectivity index (χ0v) is 28.6. The zero-order valence-electron chi connectivity index (χ0n) is 28.6.